The van der Waals surface area contributed by atoms with Crippen molar-refractivity contribution in [2.75, 3.05) is 39.1 Å². The Morgan fingerprint density at radius 1 is 1.08 bits per heavy atom. The number of aromatic nitrogens is 5. The van der Waals surface area contributed by atoms with E-state index in [1.807, 2.05) is 22.4 Å². The second-order valence-electron chi connectivity index (χ2n) is 10.8. The molecule has 39 heavy (non-hydrogen) atoms. The molecule has 1 aliphatic rings. The third-order valence-electron chi connectivity index (χ3n) is 7.87. The topological polar surface area (TPSA) is 86.5 Å². The van der Waals surface area contributed by atoms with Gasteiger partial charge in [0.2, 0.25) is 0 Å². The second kappa shape index (κ2) is 11.6. The lowest BCUT2D eigenvalue weighted by atomic mass is 9.98. The van der Waals surface area contributed by atoms with E-state index in [0.717, 1.165) is 73.1 Å². The van der Waals surface area contributed by atoms with Crippen LogP contribution in [0.4, 0.5) is 5.82 Å². The van der Waals surface area contributed by atoms with E-state index in [0.29, 0.717) is 11.7 Å². The van der Waals surface area contributed by atoms with Crippen LogP contribution < -0.4 is 5.73 Å². The molecule has 6 rings (SSSR count). The highest BCUT2D eigenvalue weighted by Crippen LogP contribution is 2.32. The van der Waals surface area contributed by atoms with Crippen LogP contribution >= 0.6 is 0 Å². The van der Waals surface area contributed by atoms with Crippen LogP contribution in [0.5, 0.6) is 0 Å². The number of rotatable bonds is 10. The van der Waals surface area contributed by atoms with Gasteiger partial charge < -0.3 is 15.4 Å². The highest BCUT2D eigenvalue weighted by molar-refractivity contribution is 5.92. The first-order valence-corrected chi connectivity index (χ1v) is 14.0. The van der Waals surface area contributed by atoms with Crippen LogP contribution in [0.3, 0.4) is 0 Å². The van der Waals surface area contributed by atoms with Gasteiger partial charge in [-0.2, -0.15) is 10.2 Å². The number of nitrogen functional groups attached to an aromatic ring is 1. The van der Waals surface area contributed by atoms with Gasteiger partial charge in [-0.15, -0.1) is 0 Å². The Hall–Kier alpha value is -3.75. The van der Waals surface area contributed by atoms with Gasteiger partial charge in [-0.05, 0) is 74.4 Å². The molecule has 1 atom stereocenters. The maximum atomic E-state index is 6.39. The molecule has 2 N–H and O–H groups in total. The molecule has 0 spiro atoms. The number of ether oxygens (including phenoxy) is 1. The van der Waals surface area contributed by atoms with E-state index < -0.39 is 0 Å². The third kappa shape index (κ3) is 5.67. The van der Waals surface area contributed by atoms with Gasteiger partial charge >= 0.3 is 0 Å². The number of methoxy groups -OCH3 is 1. The molecule has 202 valence electrons. The van der Waals surface area contributed by atoms with Crippen LogP contribution in [-0.4, -0.2) is 62.6 Å². The first-order valence-electron chi connectivity index (χ1n) is 14.0. The average molecular weight is 524 g/mol. The van der Waals surface area contributed by atoms with Gasteiger partial charge in [-0.3, -0.25) is 4.68 Å². The van der Waals surface area contributed by atoms with Gasteiger partial charge in [0.05, 0.1) is 18.7 Å². The number of hydrogen-bond donors (Lipinski definition) is 1. The maximum Gasteiger partial charge on any atom is 0.151 e. The average Bonchev–Trinajstić information content (AvgIpc) is 3.53. The van der Waals surface area contributed by atoms with Crippen LogP contribution in [0.2, 0.25) is 0 Å². The Labute approximate surface area is 229 Å². The zero-order valence-electron chi connectivity index (χ0n) is 22.7. The number of unbranched alkanes of at least 4 members (excludes halogenated alkanes) is 1. The molecule has 2 aromatic carbocycles. The number of anilines is 1. The minimum atomic E-state index is 0.499. The Balaban J connectivity index is 1.19. The predicted molar refractivity (Wildman–Crippen MR) is 156 cm³/mol. The summed E-state index contributed by atoms with van der Waals surface area (Å²) in [6.07, 6.45) is 9.41. The van der Waals surface area contributed by atoms with Crippen molar-refractivity contribution in [1.82, 2.24) is 29.3 Å². The lowest BCUT2D eigenvalue weighted by Crippen LogP contribution is -2.37. The first kappa shape index (κ1) is 25.5. The molecule has 8 nitrogen and oxygen atoms in total. The van der Waals surface area contributed by atoms with Crippen molar-refractivity contribution in [3.05, 3.63) is 78.4 Å². The second-order valence-corrected chi connectivity index (χ2v) is 10.8. The summed E-state index contributed by atoms with van der Waals surface area (Å²) in [6.45, 7) is 5.10. The maximum absolute atomic E-state index is 6.39. The molecule has 1 saturated heterocycles. The van der Waals surface area contributed by atoms with Gasteiger partial charge in [0, 0.05) is 36.5 Å². The summed E-state index contributed by atoms with van der Waals surface area (Å²) in [7, 11) is 1.81. The van der Waals surface area contributed by atoms with Crippen LogP contribution in [0.25, 0.3) is 27.5 Å². The van der Waals surface area contributed by atoms with Gasteiger partial charge in [0.15, 0.2) is 5.82 Å². The summed E-state index contributed by atoms with van der Waals surface area (Å²) in [5.74, 6) is 1.17. The molecule has 0 radical (unpaired) electrons. The van der Waals surface area contributed by atoms with Crippen molar-refractivity contribution in [2.45, 2.75) is 38.6 Å². The van der Waals surface area contributed by atoms with Crippen molar-refractivity contribution in [3.63, 3.8) is 0 Å². The van der Waals surface area contributed by atoms with E-state index in [2.05, 4.69) is 69.7 Å². The molecule has 5 aromatic rings. The third-order valence-corrected chi connectivity index (χ3v) is 7.87. The summed E-state index contributed by atoms with van der Waals surface area (Å²) >= 11 is 0. The fourth-order valence-electron chi connectivity index (χ4n) is 5.99. The van der Waals surface area contributed by atoms with E-state index >= 15 is 0 Å². The van der Waals surface area contributed by atoms with E-state index in [4.69, 9.17) is 15.6 Å². The fraction of sp³-hybridized carbons (Fsp3) is 0.387. The summed E-state index contributed by atoms with van der Waals surface area (Å²) in [4.78, 5) is 6.91. The molecule has 4 heterocycles. The van der Waals surface area contributed by atoms with Crippen LogP contribution in [0.15, 0.2) is 67.1 Å². The molecule has 1 unspecified atom stereocenters. The van der Waals surface area contributed by atoms with E-state index in [1.54, 1.807) is 6.33 Å². The smallest absolute Gasteiger partial charge is 0.151 e. The minimum absolute atomic E-state index is 0.499. The normalized spacial score (nSPS) is 16.4. The predicted octanol–water partition coefficient (Wildman–Crippen LogP) is 5.06. The number of nitrogens with zero attached hydrogens (tertiary/aromatic N) is 6. The lowest BCUT2D eigenvalue weighted by molar-refractivity contribution is 0.0899. The minimum Gasteiger partial charge on any atom is -0.384 e. The van der Waals surface area contributed by atoms with E-state index in [9.17, 15) is 0 Å². The molecule has 0 aliphatic carbocycles. The van der Waals surface area contributed by atoms with E-state index in [-0.39, 0.29) is 0 Å². The van der Waals surface area contributed by atoms with Gasteiger partial charge in [0.1, 0.15) is 11.8 Å². The number of likely N-dealkylation sites (tertiary alicyclic amines) is 1. The molecule has 0 amide bonds. The summed E-state index contributed by atoms with van der Waals surface area (Å²) in [5.41, 5.74) is 12.8. The van der Waals surface area contributed by atoms with Gasteiger partial charge in [0.25, 0.3) is 0 Å². The number of fused-ring (bicyclic) bond motifs is 2. The highest BCUT2D eigenvalue weighted by Gasteiger charge is 2.20. The number of benzene rings is 2. The molecule has 1 aliphatic heterocycles. The molecular weight excluding hydrogens is 486 g/mol. The largest absolute Gasteiger partial charge is 0.384 e. The molecular formula is C31H37N7O. The van der Waals surface area contributed by atoms with Crippen molar-refractivity contribution < 1.29 is 4.74 Å². The summed E-state index contributed by atoms with van der Waals surface area (Å²) in [5, 5.41) is 10.6. The quantitative estimate of drug-likeness (QED) is 0.258. The van der Waals surface area contributed by atoms with Crippen molar-refractivity contribution in [3.8, 4) is 11.1 Å². The summed E-state index contributed by atoms with van der Waals surface area (Å²) in [6, 6.07) is 19.1. The number of piperidine rings is 1. The molecule has 0 bridgehead atoms. The van der Waals surface area contributed by atoms with Crippen LogP contribution in [0, 0.1) is 5.92 Å². The Kier molecular flexibility index (Phi) is 7.56. The van der Waals surface area contributed by atoms with Crippen molar-refractivity contribution >= 4 is 22.2 Å². The Morgan fingerprint density at radius 3 is 2.85 bits per heavy atom. The van der Waals surface area contributed by atoms with E-state index in [1.165, 1.54) is 30.6 Å². The molecule has 0 saturated carbocycles. The molecule has 3 aromatic heterocycles. The van der Waals surface area contributed by atoms with Crippen LogP contribution in [0.1, 0.15) is 36.9 Å². The zero-order valence-corrected chi connectivity index (χ0v) is 22.7. The van der Waals surface area contributed by atoms with Crippen molar-refractivity contribution in [1.29, 1.82) is 0 Å². The first-order chi connectivity index (χ1) is 19.2. The number of hydrogen-bond acceptors (Lipinski definition) is 6. The standard InChI is InChI=1S/C31H37N7O/c1-39-21-24-10-7-15-36(18-24)14-6-5-11-27-17-28(30-31(32)33-22-34-38(27)30)25-12-13-26-20-37(35-29(26)16-25)19-23-8-3-2-4-9-23/h2-4,8-9,12-13,16-17,20,22,24H,5-7,10-11,14-15,18-19,21H2,1H3,(H2,32,33,34). The number of aryl methyl sites for hydroxylation is 1. The Bertz CT molecular complexity index is 1540. The van der Waals surface area contributed by atoms with Gasteiger partial charge in [-0.25, -0.2) is 9.50 Å². The number of nitrogens with two attached hydrogens (primary N) is 1. The highest BCUT2D eigenvalue weighted by atomic mass is 16.5. The monoisotopic (exact) mass is 523 g/mol. The lowest BCUT2D eigenvalue weighted by Gasteiger charge is -2.32. The zero-order chi connectivity index (χ0) is 26.6. The van der Waals surface area contributed by atoms with Crippen molar-refractivity contribution in [2.24, 2.45) is 5.92 Å². The SMILES string of the molecule is COCC1CCCN(CCCCc2cc(-c3ccc4cn(Cc5ccccc5)nc4c3)c3c(N)ncnn23)C1. The van der Waals surface area contributed by atoms with Gasteiger partial charge in [-0.1, -0.05) is 42.5 Å². The summed E-state index contributed by atoms with van der Waals surface area (Å²) < 4.78 is 9.38. The molecule has 1 fully saturated rings. The Morgan fingerprint density at radius 2 is 1.97 bits per heavy atom. The van der Waals surface area contributed by atoms with Crippen LogP contribution in [-0.2, 0) is 17.7 Å². The molecule has 8 heteroatoms. The fourth-order valence-corrected chi connectivity index (χ4v) is 5.99.